The predicted octanol–water partition coefficient (Wildman–Crippen LogP) is 2.22. The van der Waals surface area contributed by atoms with E-state index in [-0.39, 0.29) is 17.9 Å². The predicted molar refractivity (Wildman–Crippen MR) is 154 cm³/mol. The Morgan fingerprint density at radius 1 is 1.18 bits per heavy atom. The van der Waals surface area contributed by atoms with Gasteiger partial charge in [-0.3, -0.25) is 30.1 Å². The van der Waals surface area contributed by atoms with Crippen LogP contribution in [0.1, 0.15) is 56.7 Å². The molecule has 2 fully saturated rings. The number of nitrogens with one attached hydrogen (secondary N) is 3. The van der Waals surface area contributed by atoms with Gasteiger partial charge in [0.2, 0.25) is 11.8 Å². The number of anilines is 1. The number of ether oxygens (including phenoxy) is 1. The van der Waals surface area contributed by atoms with Gasteiger partial charge < -0.3 is 25.2 Å². The van der Waals surface area contributed by atoms with Crippen molar-refractivity contribution >= 4 is 28.4 Å². The molecule has 3 aliphatic heterocycles. The molecule has 0 bridgehead atoms. The highest BCUT2D eigenvalue weighted by Gasteiger charge is 2.46. The van der Waals surface area contributed by atoms with E-state index in [1.54, 1.807) is 11.7 Å². The summed E-state index contributed by atoms with van der Waals surface area (Å²) in [7, 11) is 3.56. The normalized spacial score (nSPS) is 25.8. The molecule has 1 aliphatic carbocycles. The summed E-state index contributed by atoms with van der Waals surface area (Å²) in [5.41, 5.74) is 8.81. The summed E-state index contributed by atoms with van der Waals surface area (Å²) in [4.78, 5) is 33.4. The van der Waals surface area contributed by atoms with E-state index in [0.717, 1.165) is 68.5 Å². The van der Waals surface area contributed by atoms with Crippen LogP contribution in [0.25, 0.3) is 10.9 Å². The highest BCUT2D eigenvalue weighted by molar-refractivity contribution is 5.97. The van der Waals surface area contributed by atoms with Gasteiger partial charge in [-0.25, -0.2) is 0 Å². The second-order valence-corrected chi connectivity index (χ2v) is 11.7. The summed E-state index contributed by atoms with van der Waals surface area (Å²) < 4.78 is 7.41. The molecule has 4 heterocycles. The lowest BCUT2D eigenvalue weighted by Gasteiger charge is -2.52. The van der Waals surface area contributed by atoms with E-state index in [9.17, 15) is 9.59 Å². The quantitative estimate of drug-likeness (QED) is 0.385. The molecule has 216 valence electrons. The highest BCUT2D eigenvalue weighted by atomic mass is 16.5. The van der Waals surface area contributed by atoms with Crippen molar-refractivity contribution in [1.82, 2.24) is 29.9 Å². The molecule has 0 spiro atoms. The third kappa shape index (κ3) is 4.75. The lowest BCUT2D eigenvalue weighted by atomic mass is 10.0. The van der Waals surface area contributed by atoms with E-state index >= 15 is 0 Å². The number of hydrogen-bond acceptors (Lipinski definition) is 9. The number of carbonyl (C=O) groups excluding carboxylic acids is 2. The van der Waals surface area contributed by atoms with Gasteiger partial charge in [0.15, 0.2) is 0 Å². The molecule has 1 saturated carbocycles. The molecular weight excluding hydrogens is 508 g/mol. The standard InChI is InChI=1S/C29H42N8O3/c1-4-20-17-34(2)26-27(37(20)21-9-5-6-10-21)32-29(30,33-28(26)39)31-22-16-23-19(15-24(22)40-3)11-14-36(23)25(38)18-35-12-7-8-13-35/h11,14-16,20-21,31-32H,4-10,12-13,17-18,30H2,1-3H3,(H,33,39)/t20?,29-/m1/s1. The zero-order chi connectivity index (χ0) is 28.0. The van der Waals surface area contributed by atoms with Crippen LogP contribution < -0.4 is 26.4 Å². The van der Waals surface area contributed by atoms with Crippen LogP contribution in [-0.4, -0.2) is 89.4 Å². The molecule has 40 heavy (non-hydrogen) atoms. The summed E-state index contributed by atoms with van der Waals surface area (Å²) in [5.74, 6) is -0.333. The van der Waals surface area contributed by atoms with E-state index < -0.39 is 5.91 Å². The maximum atomic E-state index is 13.6. The first-order valence-corrected chi connectivity index (χ1v) is 14.7. The molecule has 5 N–H and O–H groups in total. The number of aromatic nitrogens is 1. The van der Waals surface area contributed by atoms with Gasteiger partial charge >= 0.3 is 0 Å². The largest absolute Gasteiger partial charge is 0.495 e. The molecule has 1 saturated heterocycles. The Balaban J connectivity index is 1.32. The van der Waals surface area contributed by atoms with Crippen LogP contribution in [0.2, 0.25) is 0 Å². The Kier molecular flexibility index (Phi) is 7.03. The zero-order valence-corrected chi connectivity index (χ0v) is 23.8. The number of nitrogens with two attached hydrogens (primary N) is 1. The molecule has 0 radical (unpaired) electrons. The second kappa shape index (κ2) is 10.5. The van der Waals surface area contributed by atoms with Gasteiger partial charge in [-0.15, -0.1) is 0 Å². The summed E-state index contributed by atoms with van der Waals surface area (Å²) in [6.07, 6.45) is 9.66. The first kappa shape index (κ1) is 26.8. The van der Waals surface area contributed by atoms with E-state index in [4.69, 9.17) is 10.5 Å². The SMILES string of the molecule is CCC1CN(C)C2=C(N[C@@](N)(Nc3cc4c(ccn4C(=O)CN4CCCC4)cc3OC)NC2=O)N1C1CCCC1. The Bertz CT molecular complexity index is 1330. The molecule has 11 heteroatoms. The van der Waals surface area contributed by atoms with Gasteiger partial charge in [-0.1, -0.05) is 19.8 Å². The number of benzene rings is 1. The minimum Gasteiger partial charge on any atom is -0.495 e. The maximum absolute atomic E-state index is 13.6. The number of methoxy groups -OCH3 is 1. The highest BCUT2D eigenvalue weighted by Crippen LogP contribution is 2.36. The molecule has 1 unspecified atom stereocenters. The van der Waals surface area contributed by atoms with Crippen molar-refractivity contribution in [2.75, 3.05) is 45.7 Å². The maximum Gasteiger partial charge on any atom is 0.275 e. The number of rotatable bonds is 7. The van der Waals surface area contributed by atoms with Crippen molar-refractivity contribution in [1.29, 1.82) is 0 Å². The summed E-state index contributed by atoms with van der Waals surface area (Å²) in [6, 6.07) is 6.34. The molecule has 1 aromatic carbocycles. The zero-order valence-electron chi connectivity index (χ0n) is 23.8. The fraction of sp³-hybridized carbons (Fsp3) is 0.586. The summed E-state index contributed by atoms with van der Waals surface area (Å²) >= 11 is 0. The third-order valence-electron chi connectivity index (χ3n) is 8.94. The van der Waals surface area contributed by atoms with Crippen molar-refractivity contribution in [3.8, 4) is 5.75 Å². The number of fused-ring (bicyclic) bond motifs is 1. The number of hydrogen-bond donors (Lipinski definition) is 4. The van der Waals surface area contributed by atoms with Crippen LogP contribution in [0.15, 0.2) is 35.9 Å². The Labute approximate surface area is 235 Å². The van der Waals surface area contributed by atoms with E-state index in [2.05, 4.69) is 32.7 Å². The molecule has 1 aromatic heterocycles. The van der Waals surface area contributed by atoms with Crippen molar-refractivity contribution in [2.24, 2.45) is 5.73 Å². The lowest BCUT2D eigenvalue weighted by molar-refractivity contribution is -0.123. The topological polar surface area (TPSA) is 120 Å². The fourth-order valence-electron chi connectivity index (χ4n) is 6.96. The average molecular weight is 551 g/mol. The average Bonchev–Trinajstić information content (AvgIpc) is 3.70. The molecule has 2 atom stereocenters. The van der Waals surface area contributed by atoms with Gasteiger partial charge in [-0.2, -0.15) is 0 Å². The van der Waals surface area contributed by atoms with Crippen LogP contribution in [0, 0.1) is 0 Å². The molecule has 4 aliphatic rings. The van der Waals surface area contributed by atoms with Crippen LogP contribution in [0.4, 0.5) is 5.69 Å². The Morgan fingerprint density at radius 2 is 1.93 bits per heavy atom. The van der Waals surface area contributed by atoms with Crippen molar-refractivity contribution < 1.29 is 14.3 Å². The Morgan fingerprint density at radius 3 is 2.62 bits per heavy atom. The molecule has 1 amide bonds. The van der Waals surface area contributed by atoms with E-state index in [1.165, 1.54) is 12.8 Å². The molecular formula is C29H42N8O3. The van der Waals surface area contributed by atoms with Crippen LogP contribution in [0.5, 0.6) is 5.75 Å². The first-order valence-electron chi connectivity index (χ1n) is 14.7. The Hall–Kier alpha value is -3.44. The second-order valence-electron chi connectivity index (χ2n) is 11.7. The van der Waals surface area contributed by atoms with Crippen molar-refractivity contribution in [3.63, 3.8) is 0 Å². The minimum atomic E-state index is -1.47. The van der Waals surface area contributed by atoms with Crippen LogP contribution >= 0.6 is 0 Å². The summed E-state index contributed by atoms with van der Waals surface area (Å²) in [6.45, 7) is 5.28. The monoisotopic (exact) mass is 550 g/mol. The molecule has 11 nitrogen and oxygen atoms in total. The fourth-order valence-corrected chi connectivity index (χ4v) is 6.96. The number of nitrogens with zero attached hydrogens (tertiary/aromatic N) is 4. The van der Waals surface area contributed by atoms with Gasteiger partial charge in [0.25, 0.3) is 5.91 Å². The van der Waals surface area contributed by atoms with Gasteiger partial charge in [0.1, 0.15) is 17.3 Å². The molecule has 6 rings (SSSR count). The number of amides is 1. The smallest absolute Gasteiger partial charge is 0.275 e. The first-order chi connectivity index (χ1) is 19.3. The van der Waals surface area contributed by atoms with Crippen LogP contribution in [-0.2, 0) is 4.79 Å². The molecule has 2 aromatic rings. The lowest BCUT2D eigenvalue weighted by Crippen LogP contribution is -2.76. The van der Waals surface area contributed by atoms with Gasteiger partial charge in [0.05, 0.1) is 24.9 Å². The minimum absolute atomic E-state index is 0.0254. The van der Waals surface area contributed by atoms with Gasteiger partial charge in [0, 0.05) is 37.3 Å². The van der Waals surface area contributed by atoms with Crippen molar-refractivity contribution in [2.45, 2.75) is 69.9 Å². The number of carbonyl (C=O) groups is 2. The third-order valence-corrected chi connectivity index (χ3v) is 8.94. The van der Waals surface area contributed by atoms with Crippen molar-refractivity contribution in [3.05, 3.63) is 35.9 Å². The number of likely N-dealkylation sites (N-methyl/N-ethyl adjacent to an activating group) is 1. The summed E-state index contributed by atoms with van der Waals surface area (Å²) in [5, 5.41) is 10.6. The number of likely N-dealkylation sites (tertiary alicyclic amines) is 1. The van der Waals surface area contributed by atoms with E-state index in [0.29, 0.717) is 29.7 Å². The van der Waals surface area contributed by atoms with Gasteiger partial charge in [-0.05, 0) is 63.4 Å². The van der Waals surface area contributed by atoms with E-state index in [1.807, 2.05) is 36.3 Å². The van der Waals surface area contributed by atoms with Crippen LogP contribution in [0.3, 0.4) is 0 Å².